The molecular formula is C26H32NO4P. The Labute approximate surface area is 191 Å². The highest BCUT2D eigenvalue weighted by molar-refractivity contribution is 7.53. The second-order valence-electron chi connectivity index (χ2n) is 7.86. The van der Waals surface area contributed by atoms with Gasteiger partial charge in [0.2, 0.25) is 0 Å². The summed E-state index contributed by atoms with van der Waals surface area (Å²) in [5.41, 5.74) is 3.40. The van der Waals surface area contributed by atoms with Crippen molar-refractivity contribution in [2.24, 2.45) is 0 Å². The molecule has 0 amide bonds. The highest BCUT2D eigenvalue weighted by Gasteiger charge is 2.34. The third-order valence-electron chi connectivity index (χ3n) is 5.62. The Morgan fingerprint density at radius 2 is 1.16 bits per heavy atom. The van der Waals surface area contributed by atoms with Crippen molar-refractivity contribution in [2.75, 3.05) is 20.4 Å². The summed E-state index contributed by atoms with van der Waals surface area (Å²) in [6.45, 7) is 1.29. The van der Waals surface area contributed by atoms with E-state index in [0.717, 1.165) is 16.7 Å². The van der Waals surface area contributed by atoms with Crippen LogP contribution in [0.5, 0.6) is 0 Å². The maximum Gasteiger partial charge on any atom is 0.332 e. The van der Waals surface area contributed by atoms with Gasteiger partial charge in [-0.15, -0.1) is 0 Å². The zero-order valence-electron chi connectivity index (χ0n) is 18.7. The number of benzene rings is 3. The first-order valence-electron chi connectivity index (χ1n) is 10.8. The zero-order valence-corrected chi connectivity index (χ0v) is 19.6. The van der Waals surface area contributed by atoms with Gasteiger partial charge in [0.1, 0.15) is 0 Å². The van der Waals surface area contributed by atoms with Crippen molar-refractivity contribution in [2.45, 2.75) is 31.7 Å². The third-order valence-corrected chi connectivity index (χ3v) is 7.56. The largest absolute Gasteiger partial charge is 0.391 e. The Kier molecular flexibility index (Phi) is 9.22. The van der Waals surface area contributed by atoms with Gasteiger partial charge in [0.05, 0.1) is 12.3 Å². The van der Waals surface area contributed by atoms with Crippen LogP contribution in [0.1, 0.15) is 16.7 Å². The fourth-order valence-corrected chi connectivity index (χ4v) is 5.01. The van der Waals surface area contributed by atoms with Crippen molar-refractivity contribution < 1.29 is 18.7 Å². The molecule has 3 rings (SSSR count). The summed E-state index contributed by atoms with van der Waals surface area (Å²) in [7, 11) is -0.665. The second-order valence-corrected chi connectivity index (χ2v) is 10.2. The lowest BCUT2D eigenvalue weighted by Crippen LogP contribution is -2.46. The van der Waals surface area contributed by atoms with Crippen LogP contribution in [0.3, 0.4) is 0 Å². The molecule has 0 saturated heterocycles. The van der Waals surface area contributed by atoms with Crippen LogP contribution in [0, 0.1) is 0 Å². The fraction of sp³-hybridized carbons (Fsp3) is 0.308. The molecule has 0 heterocycles. The molecule has 0 fully saturated rings. The third kappa shape index (κ3) is 7.13. The van der Waals surface area contributed by atoms with Crippen LogP contribution < -0.4 is 0 Å². The Hall–Kier alpha value is -2.27. The zero-order chi connectivity index (χ0) is 22.8. The average Bonchev–Trinajstić information content (AvgIpc) is 2.84. The van der Waals surface area contributed by atoms with Gasteiger partial charge in [-0.25, -0.2) is 0 Å². The van der Waals surface area contributed by atoms with Crippen molar-refractivity contribution >= 4 is 7.60 Å². The van der Waals surface area contributed by atoms with E-state index in [1.165, 1.54) is 14.2 Å². The number of rotatable bonds is 12. The SMILES string of the molecule is COP(=O)(C[C@H](O)[C@H](Cc1ccccc1)N(Cc1ccccc1)Cc1ccccc1)OC. The number of aliphatic hydroxyl groups excluding tert-OH is 1. The lowest BCUT2D eigenvalue weighted by atomic mass is 9.98. The van der Waals surface area contributed by atoms with Crippen LogP contribution in [-0.2, 0) is 33.1 Å². The molecule has 0 aliphatic rings. The minimum absolute atomic E-state index is 0.0718. The summed E-state index contributed by atoms with van der Waals surface area (Å²) in [6.07, 6.45) is -0.375. The second kappa shape index (κ2) is 12.1. The minimum Gasteiger partial charge on any atom is -0.391 e. The molecule has 0 aliphatic carbocycles. The van der Waals surface area contributed by atoms with E-state index in [-0.39, 0.29) is 12.2 Å². The summed E-state index contributed by atoms with van der Waals surface area (Å²) in [4.78, 5) is 2.25. The molecular weight excluding hydrogens is 421 g/mol. The van der Waals surface area contributed by atoms with Crippen LogP contribution in [0.4, 0.5) is 0 Å². The monoisotopic (exact) mass is 453 g/mol. The Morgan fingerprint density at radius 3 is 1.56 bits per heavy atom. The molecule has 0 aliphatic heterocycles. The van der Waals surface area contributed by atoms with Crippen LogP contribution in [0.15, 0.2) is 91.0 Å². The van der Waals surface area contributed by atoms with Crippen LogP contribution in [0.25, 0.3) is 0 Å². The van der Waals surface area contributed by atoms with E-state index in [1.807, 2.05) is 54.6 Å². The van der Waals surface area contributed by atoms with Crippen molar-refractivity contribution in [3.63, 3.8) is 0 Å². The van der Waals surface area contributed by atoms with E-state index < -0.39 is 13.7 Å². The molecule has 0 spiro atoms. The fourth-order valence-electron chi connectivity index (χ4n) is 3.86. The predicted molar refractivity (Wildman–Crippen MR) is 129 cm³/mol. The first-order chi connectivity index (χ1) is 15.5. The molecule has 0 radical (unpaired) electrons. The van der Waals surface area contributed by atoms with Gasteiger partial charge >= 0.3 is 7.60 Å². The summed E-state index contributed by atoms with van der Waals surface area (Å²) < 4.78 is 23.1. The van der Waals surface area contributed by atoms with Crippen LogP contribution in [0.2, 0.25) is 0 Å². The van der Waals surface area contributed by atoms with E-state index in [1.54, 1.807) is 0 Å². The summed E-state index contributed by atoms with van der Waals surface area (Å²) >= 11 is 0. The standard InChI is InChI=1S/C26H32NO4P/c1-30-32(29,31-2)21-26(28)25(18-22-12-6-3-7-13-22)27(19-23-14-8-4-9-15-23)20-24-16-10-5-11-17-24/h3-17,25-26,28H,18-21H2,1-2H3/t25-,26-/m0/s1. The van der Waals surface area contributed by atoms with E-state index >= 15 is 0 Å². The normalized spacial score (nSPS) is 13.8. The Morgan fingerprint density at radius 1 is 0.750 bits per heavy atom. The highest BCUT2D eigenvalue weighted by atomic mass is 31.2. The smallest absolute Gasteiger partial charge is 0.332 e. The van der Waals surface area contributed by atoms with E-state index in [0.29, 0.717) is 19.5 Å². The van der Waals surface area contributed by atoms with Gasteiger partial charge in [0, 0.05) is 33.4 Å². The van der Waals surface area contributed by atoms with Crippen LogP contribution in [-0.4, -0.2) is 42.5 Å². The first kappa shape index (κ1) is 24.4. The van der Waals surface area contributed by atoms with Gasteiger partial charge in [-0.1, -0.05) is 91.0 Å². The lowest BCUT2D eigenvalue weighted by Gasteiger charge is -2.36. The van der Waals surface area contributed by atoms with Crippen molar-refractivity contribution in [1.29, 1.82) is 0 Å². The quantitative estimate of drug-likeness (QED) is 0.385. The molecule has 0 aromatic heterocycles. The molecule has 0 saturated carbocycles. The van der Waals surface area contributed by atoms with Gasteiger partial charge in [0.15, 0.2) is 0 Å². The number of nitrogens with zero attached hydrogens (tertiary/aromatic N) is 1. The van der Waals surface area contributed by atoms with E-state index in [4.69, 9.17) is 9.05 Å². The molecule has 170 valence electrons. The number of hydrogen-bond acceptors (Lipinski definition) is 5. The summed E-state index contributed by atoms with van der Waals surface area (Å²) in [6, 6.07) is 30.2. The first-order valence-corrected chi connectivity index (χ1v) is 12.5. The lowest BCUT2D eigenvalue weighted by molar-refractivity contribution is 0.0486. The molecule has 5 nitrogen and oxygen atoms in total. The molecule has 0 unspecified atom stereocenters. The van der Waals surface area contributed by atoms with Gasteiger partial charge in [-0.3, -0.25) is 9.46 Å². The number of hydrogen-bond donors (Lipinski definition) is 1. The molecule has 1 N–H and O–H groups in total. The average molecular weight is 454 g/mol. The van der Waals surface area contributed by atoms with Crippen molar-refractivity contribution in [3.8, 4) is 0 Å². The summed E-state index contributed by atoms with van der Waals surface area (Å²) in [5, 5.41) is 11.3. The maximum atomic E-state index is 12.8. The molecule has 6 heteroatoms. The van der Waals surface area contributed by atoms with Crippen LogP contribution >= 0.6 is 7.60 Å². The predicted octanol–water partition coefficient (Wildman–Crippen LogP) is 5.15. The van der Waals surface area contributed by atoms with Gasteiger partial charge < -0.3 is 14.2 Å². The van der Waals surface area contributed by atoms with Crippen molar-refractivity contribution in [3.05, 3.63) is 108 Å². The minimum atomic E-state index is -3.38. The summed E-state index contributed by atoms with van der Waals surface area (Å²) in [5.74, 6) is 0. The highest BCUT2D eigenvalue weighted by Crippen LogP contribution is 2.47. The Bertz CT molecular complexity index is 919. The Balaban J connectivity index is 1.95. The van der Waals surface area contributed by atoms with E-state index in [2.05, 4.69) is 41.3 Å². The molecule has 32 heavy (non-hydrogen) atoms. The molecule has 2 atom stereocenters. The topological polar surface area (TPSA) is 59.0 Å². The molecule has 3 aromatic carbocycles. The van der Waals surface area contributed by atoms with Gasteiger partial charge in [-0.05, 0) is 23.1 Å². The number of aliphatic hydroxyl groups is 1. The molecule has 3 aromatic rings. The van der Waals surface area contributed by atoms with Crippen molar-refractivity contribution in [1.82, 2.24) is 4.90 Å². The van der Waals surface area contributed by atoms with Gasteiger partial charge in [0.25, 0.3) is 0 Å². The van der Waals surface area contributed by atoms with E-state index in [9.17, 15) is 9.67 Å². The maximum absolute atomic E-state index is 12.8. The molecule has 0 bridgehead atoms. The van der Waals surface area contributed by atoms with Gasteiger partial charge in [-0.2, -0.15) is 0 Å².